The Bertz CT molecular complexity index is 431. The van der Waals surface area contributed by atoms with Crippen LogP contribution >= 0.6 is 12.6 Å². The molecular formula is C17H24S. The lowest BCUT2D eigenvalue weighted by Crippen LogP contribution is -2.02. The molecule has 0 aromatic carbocycles. The maximum Gasteiger partial charge on any atom is 0.00229 e. The molecule has 0 aromatic rings. The van der Waals surface area contributed by atoms with Crippen molar-refractivity contribution in [1.29, 1.82) is 0 Å². The lowest BCUT2D eigenvalue weighted by Gasteiger charge is -2.17. The second-order valence-electron chi connectivity index (χ2n) is 4.62. The predicted octanol–water partition coefficient (Wildman–Crippen LogP) is 5.65. The third kappa shape index (κ3) is 5.92. The van der Waals surface area contributed by atoms with E-state index in [4.69, 9.17) is 0 Å². The van der Waals surface area contributed by atoms with Crippen LogP contribution in [0.3, 0.4) is 0 Å². The predicted molar refractivity (Wildman–Crippen MR) is 87.9 cm³/mol. The van der Waals surface area contributed by atoms with E-state index in [1.54, 1.807) is 0 Å². The molecule has 0 aliphatic rings. The van der Waals surface area contributed by atoms with Crippen molar-refractivity contribution >= 4 is 12.6 Å². The summed E-state index contributed by atoms with van der Waals surface area (Å²) in [5.41, 5.74) is 4.66. The highest BCUT2D eigenvalue weighted by atomic mass is 32.1. The molecule has 0 radical (unpaired) electrons. The smallest absolute Gasteiger partial charge is 0.00229 e. The number of hydrogen-bond donors (Lipinski definition) is 1. The Morgan fingerprint density at radius 2 is 1.67 bits per heavy atom. The van der Waals surface area contributed by atoms with Crippen molar-refractivity contribution in [2.45, 2.75) is 27.7 Å². The van der Waals surface area contributed by atoms with Crippen LogP contribution in [0.4, 0.5) is 0 Å². The Morgan fingerprint density at radius 1 is 1.11 bits per heavy atom. The SMILES string of the molecule is C=C/C(C)=C\C=C(\C)C(C)/C(=C\C(=C)S)C(=C)C. The lowest BCUT2D eigenvalue weighted by atomic mass is 9.89. The van der Waals surface area contributed by atoms with Crippen molar-refractivity contribution in [1.82, 2.24) is 0 Å². The Balaban J connectivity index is 5.23. The van der Waals surface area contributed by atoms with Gasteiger partial charge in [0.2, 0.25) is 0 Å². The van der Waals surface area contributed by atoms with E-state index in [2.05, 4.69) is 58.4 Å². The van der Waals surface area contributed by atoms with Gasteiger partial charge in [0.1, 0.15) is 0 Å². The van der Waals surface area contributed by atoms with Gasteiger partial charge in [-0.25, -0.2) is 0 Å². The van der Waals surface area contributed by atoms with Crippen LogP contribution in [-0.4, -0.2) is 0 Å². The first-order chi connectivity index (χ1) is 8.29. The van der Waals surface area contributed by atoms with Crippen molar-refractivity contribution in [2.75, 3.05) is 0 Å². The molecule has 0 heterocycles. The van der Waals surface area contributed by atoms with Gasteiger partial charge in [-0.2, -0.15) is 0 Å². The Hall–Kier alpha value is -1.21. The van der Waals surface area contributed by atoms with Crippen LogP contribution in [0.2, 0.25) is 0 Å². The van der Waals surface area contributed by atoms with Crippen molar-refractivity contribution in [3.05, 3.63) is 71.2 Å². The molecule has 0 fully saturated rings. The summed E-state index contributed by atoms with van der Waals surface area (Å²) < 4.78 is 0. The fourth-order valence-corrected chi connectivity index (χ4v) is 1.66. The number of rotatable bonds is 6. The molecule has 1 atom stereocenters. The molecule has 0 amide bonds. The summed E-state index contributed by atoms with van der Waals surface area (Å²) in [5, 5.41) is 0. The Labute approximate surface area is 118 Å². The van der Waals surface area contributed by atoms with Gasteiger partial charge < -0.3 is 0 Å². The van der Waals surface area contributed by atoms with Gasteiger partial charge in [-0.1, -0.05) is 61.6 Å². The van der Waals surface area contributed by atoms with E-state index in [0.29, 0.717) is 5.92 Å². The van der Waals surface area contributed by atoms with Crippen molar-refractivity contribution in [2.24, 2.45) is 5.92 Å². The molecule has 0 N–H and O–H groups in total. The minimum Gasteiger partial charge on any atom is -0.144 e. The van der Waals surface area contributed by atoms with E-state index in [1.165, 1.54) is 11.1 Å². The summed E-state index contributed by atoms with van der Waals surface area (Å²) >= 11 is 4.24. The summed E-state index contributed by atoms with van der Waals surface area (Å²) in [6.45, 7) is 19.9. The first kappa shape index (κ1) is 16.8. The highest BCUT2D eigenvalue weighted by Gasteiger charge is 2.11. The van der Waals surface area contributed by atoms with Crippen LogP contribution in [0.5, 0.6) is 0 Å². The highest BCUT2D eigenvalue weighted by molar-refractivity contribution is 7.84. The number of hydrogen-bond acceptors (Lipinski definition) is 1. The molecule has 18 heavy (non-hydrogen) atoms. The molecule has 0 saturated carbocycles. The van der Waals surface area contributed by atoms with Gasteiger partial charge in [-0.05, 0) is 37.3 Å². The molecule has 98 valence electrons. The fraction of sp³-hybridized carbons (Fsp3) is 0.294. The lowest BCUT2D eigenvalue weighted by molar-refractivity contribution is 0.809. The molecule has 0 aliphatic carbocycles. The maximum atomic E-state index is 4.24. The monoisotopic (exact) mass is 260 g/mol. The van der Waals surface area contributed by atoms with Gasteiger partial charge in [-0.15, -0.1) is 12.6 Å². The van der Waals surface area contributed by atoms with Crippen molar-refractivity contribution in [3.63, 3.8) is 0 Å². The van der Waals surface area contributed by atoms with E-state index < -0.39 is 0 Å². The molecule has 0 spiro atoms. The van der Waals surface area contributed by atoms with Gasteiger partial charge in [-0.3, -0.25) is 0 Å². The van der Waals surface area contributed by atoms with Gasteiger partial charge in [0.15, 0.2) is 0 Å². The second kappa shape index (κ2) is 7.99. The van der Waals surface area contributed by atoms with Crippen molar-refractivity contribution < 1.29 is 0 Å². The quantitative estimate of drug-likeness (QED) is 0.463. The van der Waals surface area contributed by atoms with Crippen LogP contribution in [-0.2, 0) is 0 Å². The molecular weight excluding hydrogens is 236 g/mol. The molecule has 0 nitrogen and oxygen atoms in total. The van der Waals surface area contributed by atoms with E-state index in [9.17, 15) is 0 Å². The average molecular weight is 260 g/mol. The first-order valence-electron chi connectivity index (χ1n) is 6.02. The third-order valence-electron chi connectivity index (χ3n) is 2.90. The van der Waals surface area contributed by atoms with E-state index in [-0.39, 0.29) is 0 Å². The number of allylic oxidation sites excluding steroid dienone is 8. The summed E-state index contributed by atoms with van der Waals surface area (Å²) in [5.74, 6) is 0.306. The highest BCUT2D eigenvalue weighted by Crippen LogP contribution is 2.26. The molecule has 1 heteroatoms. The summed E-state index contributed by atoms with van der Waals surface area (Å²) in [6.07, 6.45) is 8.03. The minimum absolute atomic E-state index is 0.306. The molecule has 0 bridgehead atoms. The third-order valence-corrected chi connectivity index (χ3v) is 3.02. The van der Waals surface area contributed by atoms with Crippen LogP contribution in [0, 0.1) is 5.92 Å². The summed E-state index contributed by atoms with van der Waals surface area (Å²) in [7, 11) is 0. The van der Waals surface area contributed by atoms with Crippen LogP contribution in [0.15, 0.2) is 71.2 Å². The molecule has 0 rings (SSSR count). The van der Waals surface area contributed by atoms with Crippen LogP contribution in [0.25, 0.3) is 0 Å². The normalized spacial score (nSPS) is 15.3. The molecule has 0 aliphatic heterocycles. The Kier molecular flexibility index (Phi) is 7.45. The first-order valence-corrected chi connectivity index (χ1v) is 6.47. The summed E-state index contributed by atoms with van der Waals surface area (Å²) in [4.78, 5) is 0.755. The van der Waals surface area contributed by atoms with Crippen LogP contribution < -0.4 is 0 Å². The van der Waals surface area contributed by atoms with Gasteiger partial charge >= 0.3 is 0 Å². The zero-order valence-corrected chi connectivity index (χ0v) is 12.8. The topological polar surface area (TPSA) is 0 Å². The standard InChI is InChI=1S/C17H24S/c1-8-13(4)9-10-14(5)16(7)17(12(2)3)11-15(6)18/h8-11,16,18H,1-2,6H2,3-5,7H3/b13-9-,14-10-,17-11-. The van der Waals surface area contributed by atoms with Gasteiger partial charge in [0, 0.05) is 5.92 Å². The zero-order chi connectivity index (χ0) is 14.3. The van der Waals surface area contributed by atoms with E-state index >= 15 is 0 Å². The summed E-state index contributed by atoms with van der Waals surface area (Å²) in [6, 6.07) is 0. The minimum atomic E-state index is 0.306. The van der Waals surface area contributed by atoms with Gasteiger partial charge in [0.05, 0.1) is 0 Å². The van der Waals surface area contributed by atoms with Crippen LogP contribution in [0.1, 0.15) is 27.7 Å². The van der Waals surface area contributed by atoms with E-state index in [0.717, 1.165) is 16.1 Å². The number of thiol groups is 1. The maximum absolute atomic E-state index is 4.24. The molecule has 0 saturated heterocycles. The Morgan fingerprint density at radius 3 is 2.06 bits per heavy atom. The van der Waals surface area contributed by atoms with E-state index in [1.807, 2.05) is 26.0 Å². The fourth-order valence-electron chi connectivity index (χ4n) is 1.52. The van der Waals surface area contributed by atoms with Crippen molar-refractivity contribution in [3.8, 4) is 0 Å². The molecule has 1 unspecified atom stereocenters. The molecule has 0 aromatic heterocycles. The second-order valence-corrected chi connectivity index (χ2v) is 5.19. The van der Waals surface area contributed by atoms with Gasteiger partial charge in [0.25, 0.3) is 0 Å². The largest absolute Gasteiger partial charge is 0.144 e. The zero-order valence-electron chi connectivity index (χ0n) is 12.0. The average Bonchev–Trinajstić information content (AvgIpc) is 2.30.